The van der Waals surface area contributed by atoms with Gasteiger partial charge in [-0.3, -0.25) is 9.59 Å². The van der Waals surface area contributed by atoms with Gasteiger partial charge in [0.25, 0.3) is 0 Å². The molecule has 2 amide bonds. The van der Waals surface area contributed by atoms with E-state index in [0.29, 0.717) is 30.8 Å². The molecule has 8 nitrogen and oxygen atoms in total. The molecule has 2 aromatic carbocycles. The minimum atomic E-state index is -3.63. The molecular weight excluding hydrogens is 418 g/mol. The highest BCUT2D eigenvalue weighted by atomic mass is 32.2. The molecule has 1 saturated heterocycles. The number of anilines is 1. The monoisotopic (exact) mass is 445 g/mol. The normalized spacial score (nSPS) is 17.0. The van der Waals surface area contributed by atoms with Crippen molar-refractivity contribution < 1.29 is 22.7 Å². The van der Waals surface area contributed by atoms with Crippen LogP contribution in [0.5, 0.6) is 5.75 Å². The van der Waals surface area contributed by atoms with E-state index in [2.05, 4.69) is 10.6 Å². The van der Waals surface area contributed by atoms with Crippen LogP contribution in [-0.2, 0) is 19.6 Å². The van der Waals surface area contributed by atoms with E-state index in [4.69, 9.17) is 4.74 Å². The van der Waals surface area contributed by atoms with Gasteiger partial charge in [0.15, 0.2) is 0 Å². The molecule has 1 heterocycles. The minimum absolute atomic E-state index is 0.0997. The van der Waals surface area contributed by atoms with Crippen LogP contribution in [0.3, 0.4) is 0 Å². The molecule has 31 heavy (non-hydrogen) atoms. The Morgan fingerprint density at radius 3 is 2.55 bits per heavy atom. The Balaban J connectivity index is 1.50. The first-order valence-electron chi connectivity index (χ1n) is 10.2. The Morgan fingerprint density at radius 2 is 1.81 bits per heavy atom. The van der Waals surface area contributed by atoms with Gasteiger partial charge >= 0.3 is 0 Å². The zero-order chi connectivity index (χ0) is 22.3. The van der Waals surface area contributed by atoms with Gasteiger partial charge in [-0.1, -0.05) is 30.3 Å². The number of benzene rings is 2. The van der Waals surface area contributed by atoms with Crippen LogP contribution in [0.1, 0.15) is 19.3 Å². The zero-order valence-electron chi connectivity index (χ0n) is 17.4. The standard InChI is InChI=1S/C22H27N3O5S/c1-30-20-12-6-5-11-19(20)24-21(26)13-14-23-22(27)17-8-7-15-25(16-17)31(28,29)18-9-3-2-4-10-18/h2-6,9-12,17H,7-8,13-16H2,1H3,(H,23,27)(H,24,26)/t17-/m1/s1. The topological polar surface area (TPSA) is 105 Å². The van der Waals surface area contributed by atoms with Crippen molar-refractivity contribution in [3.8, 4) is 5.75 Å². The number of methoxy groups -OCH3 is 1. The molecule has 0 spiro atoms. The number of sulfonamides is 1. The quantitative estimate of drug-likeness (QED) is 0.648. The van der Waals surface area contributed by atoms with Crippen molar-refractivity contribution >= 4 is 27.5 Å². The van der Waals surface area contributed by atoms with Crippen LogP contribution < -0.4 is 15.4 Å². The summed E-state index contributed by atoms with van der Waals surface area (Å²) in [5, 5.41) is 5.51. The van der Waals surface area contributed by atoms with Gasteiger partial charge in [-0.15, -0.1) is 0 Å². The van der Waals surface area contributed by atoms with Gasteiger partial charge in [0, 0.05) is 26.1 Å². The number of hydrogen-bond acceptors (Lipinski definition) is 5. The summed E-state index contributed by atoms with van der Waals surface area (Å²) in [5.41, 5.74) is 0.565. The molecule has 2 aromatic rings. The Kier molecular flexibility index (Phi) is 7.64. The Hall–Kier alpha value is -2.91. The van der Waals surface area contributed by atoms with Gasteiger partial charge in [0.05, 0.1) is 23.6 Å². The first-order valence-corrected chi connectivity index (χ1v) is 11.6. The lowest BCUT2D eigenvalue weighted by molar-refractivity contribution is -0.126. The van der Waals surface area contributed by atoms with E-state index >= 15 is 0 Å². The Morgan fingerprint density at radius 1 is 1.10 bits per heavy atom. The van der Waals surface area contributed by atoms with Crippen LogP contribution in [-0.4, -0.2) is 51.3 Å². The van der Waals surface area contributed by atoms with E-state index in [-0.39, 0.29) is 36.2 Å². The second-order valence-corrected chi connectivity index (χ2v) is 9.24. The fraction of sp³-hybridized carbons (Fsp3) is 0.364. The van der Waals surface area contributed by atoms with E-state index in [1.165, 1.54) is 11.4 Å². The van der Waals surface area contributed by atoms with Gasteiger partial charge in [0.2, 0.25) is 21.8 Å². The summed E-state index contributed by atoms with van der Waals surface area (Å²) < 4.78 is 32.2. The van der Waals surface area contributed by atoms with Crippen LogP contribution >= 0.6 is 0 Å². The minimum Gasteiger partial charge on any atom is -0.495 e. The average molecular weight is 446 g/mol. The van der Waals surface area contributed by atoms with Crippen molar-refractivity contribution in [2.75, 3.05) is 32.1 Å². The summed E-state index contributed by atoms with van der Waals surface area (Å²) in [5.74, 6) is -0.369. The lowest BCUT2D eigenvalue weighted by Crippen LogP contribution is -2.45. The third kappa shape index (κ3) is 5.83. The number of nitrogens with zero attached hydrogens (tertiary/aromatic N) is 1. The number of ether oxygens (including phenoxy) is 1. The molecule has 1 aliphatic rings. The van der Waals surface area contributed by atoms with Gasteiger partial charge in [-0.25, -0.2) is 8.42 Å². The van der Waals surface area contributed by atoms with Crippen molar-refractivity contribution in [1.82, 2.24) is 9.62 Å². The fourth-order valence-electron chi connectivity index (χ4n) is 3.52. The van der Waals surface area contributed by atoms with Crippen molar-refractivity contribution in [3.63, 3.8) is 0 Å². The maximum atomic E-state index is 12.8. The second-order valence-electron chi connectivity index (χ2n) is 7.30. The maximum Gasteiger partial charge on any atom is 0.243 e. The van der Waals surface area contributed by atoms with Crippen LogP contribution in [0, 0.1) is 5.92 Å². The molecule has 0 aliphatic carbocycles. The molecule has 166 valence electrons. The summed E-state index contributed by atoms with van der Waals surface area (Å²) in [7, 11) is -2.10. The molecule has 0 aromatic heterocycles. The van der Waals surface area contributed by atoms with E-state index in [1.807, 2.05) is 0 Å². The number of hydrogen-bond donors (Lipinski definition) is 2. The number of amides is 2. The molecule has 1 atom stereocenters. The highest BCUT2D eigenvalue weighted by Crippen LogP contribution is 2.24. The average Bonchev–Trinajstić information content (AvgIpc) is 2.80. The van der Waals surface area contributed by atoms with Crippen molar-refractivity contribution in [3.05, 3.63) is 54.6 Å². The van der Waals surface area contributed by atoms with E-state index in [1.54, 1.807) is 54.6 Å². The molecule has 3 rings (SSSR count). The third-order valence-corrected chi connectivity index (χ3v) is 7.05. The summed E-state index contributed by atoms with van der Waals surface area (Å²) in [6.45, 7) is 0.695. The van der Waals surface area contributed by atoms with Gasteiger partial charge in [-0.05, 0) is 37.1 Å². The molecule has 0 saturated carbocycles. The highest BCUT2D eigenvalue weighted by Gasteiger charge is 2.33. The molecule has 0 radical (unpaired) electrons. The SMILES string of the molecule is COc1ccccc1NC(=O)CCNC(=O)[C@@H]1CCCN(S(=O)(=O)c2ccccc2)C1. The van der Waals surface area contributed by atoms with Crippen molar-refractivity contribution in [2.45, 2.75) is 24.2 Å². The second kappa shape index (κ2) is 10.4. The number of rotatable bonds is 8. The lowest BCUT2D eigenvalue weighted by Gasteiger charge is -2.31. The first-order chi connectivity index (χ1) is 14.9. The summed E-state index contributed by atoms with van der Waals surface area (Å²) in [6, 6.07) is 15.3. The predicted molar refractivity (Wildman–Crippen MR) is 117 cm³/mol. The molecule has 2 N–H and O–H groups in total. The molecule has 9 heteroatoms. The summed E-state index contributed by atoms with van der Waals surface area (Å²) in [4.78, 5) is 25.0. The highest BCUT2D eigenvalue weighted by molar-refractivity contribution is 7.89. The molecule has 0 bridgehead atoms. The number of carbonyl (C=O) groups is 2. The largest absolute Gasteiger partial charge is 0.495 e. The van der Waals surface area contributed by atoms with Gasteiger partial charge in [0.1, 0.15) is 5.75 Å². The number of piperidine rings is 1. The Bertz CT molecular complexity index is 1010. The van der Waals surface area contributed by atoms with E-state index in [0.717, 1.165) is 0 Å². The third-order valence-electron chi connectivity index (χ3n) is 5.17. The molecular formula is C22H27N3O5S. The summed E-state index contributed by atoms with van der Waals surface area (Å²) >= 11 is 0. The maximum absolute atomic E-state index is 12.8. The van der Waals surface area contributed by atoms with Crippen LogP contribution in [0.2, 0.25) is 0 Å². The zero-order valence-corrected chi connectivity index (χ0v) is 18.2. The van der Waals surface area contributed by atoms with Crippen molar-refractivity contribution in [2.24, 2.45) is 5.92 Å². The molecule has 1 fully saturated rings. The predicted octanol–water partition coefficient (Wildman–Crippen LogP) is 2.24. The number of nitrogens with one attached hydrogen (secondary N) is 2. The van der Waals surface area contributed by atoms with E-state index < -0.39 is 15.9 Å². The smallest absolute Gasteiger partial charge is 0.243 e. The number of carbonyl (C=O) groups excluding carboxylic acids is 2. The van der Waals surface area contributed by atoms with E-state index in [9.17, 15) is 18.0 Å². The molecule has 0 unspecified atom stereocenters. The number of para-hydroxylation sites is 2. The summed E-state index contributed by atoms with van der Waals surface area (Å²) in [6.07, 6.45) is 1.32. The lowest BCUT2D eigenvalue weighted by atomic mass is 9.99. The fourth-order valence-corrected chi connectivity index (χ4v) is 5.07. The van der Waals surface area contributed by atoms with Gasteiger partial charge in [-0.2, -0.15) is 4.31 Å². The van der Waals surface area contributed by atoms with Gasteiger partial charge < -0.3 is 15.4 Å². The van der Waals surface area contributed by atoms with Crippen LogP contribution in [0.15, 0.2) is 59.5 Å². The van der Waals surface area contributed by atoms with Crippen LogP contribution in [0.4, 0.5) is 5.69 Å². The van der Waals surface area contributed by atoms with Crippen LogP contribution in [0.25, 0.3) is 0 Å². The van der Waals surface area contributed by atoms with Crippen molar-refractivity contribution in [1.29, 1.82) is 0 Å². The Labute approximate surface area is 182 Å². The molecule has 1 aliphatic heterocycles. The first kappa shape index (κ1) is 22.8.